The van der Waals surface area contributed by atoms with Gasteiger partial charge in [0.05, 0.1) is 5.56 Å². The number of ketones is 1. The quantitative estimate of drug-likeness (QED) is 0.292. The maximum atomic E-state index is 12.0. The summed E-state index contributed by atoms with van der Waals surface area (Å²) in [5.41, 5.74) is 2.00. The van der Waals surface area contributed by atoms with Crippen LogP contribution in [0.1, 0.15) is 26.3 Å². The predicted octanol–water partition coefficient (Wildman–Crippen LogP) is 4.80. The summed E-state index contributed by atoms with van der Waals surface area (Å²) in [5, 5.41) is 0. The number of ether oxygens (including phenoxy) is 1. The molecule has 0 aromatic heterocycles. The lowest BCUT2D eigenvalue weighted by atomic mass is 10.1. The summed E-state index contributed by atoms with van der Waals surface area (Å²) in [6.07, 6.45) is 3.26. The Balaban J connectivity index is 1.63. The van der Waals surface area contributed by atoms with Crippen LogP contribution in [0.2, 0.25) is 0 Å². The molecule has 0 aliphatic rings. The highest BCUT2D eigenvalue weighted by molar-refractivity contribution is 6.06. The van der Waals surface area contributed by atoms with Crippen LogP contribution in [0.15, 0.2) is 91.0 Å². The third kappa shape index (κ3) is 4.52. The first-order valence-electron chi connectivity index (χ1n) is 7.87. The molecule has 25 heavy (non-hydrogen) atoms. The Labute approximate surface area is 146 Å². The second-order valence-corrected chi connectivity index (χ2v) is 5.39. The molecule has 3 heteroatoms. The normalized spacial score (nSPS) is 10.6. The SMILES string of the molecule is O=C(C=Cc1ccc(OC(=O)c2ccccc2)cc1)c1ccccc1. The molecule has 0 saturated heterocycles. The summed E-state index contributed by atoms with van der Waals surface area (Å²) in [6, 6.07) is 24.9. The largest absolute Gasteiger partial charge is 0.423 e. The van der Waals surface area contributed by atoms with Crippen LogP contribution >= 0.6 is 0 Å². The fourth-order valence-electron chi connectivity index (χ4n) is 2.26. The van der Waals surface area contributed by atoms with Crippen molar-refractivity contribution in [2.75, 3.05) is 0 Å². The van der Waals surface area contributed by atoms with Crippen molar-refractivity contribution in [2.45, 2.75) is 0 Å². The van der Waals surface area contributed by atoms with Gasteiger partial charge in [0.1, 0.15) is 5.75 Å². The second-order valence-electron chi connectivity index (χ2n) is 5.39. The minimum Gasteiger partial charge on any atom is -0.423 e. The minimum atomic E-state index is -0.400. The van der Waals surface area contributed by atoms with Crippen molar-refractivity contribution in [3.05, 3.63) is 108 Å². The van der Waals surface area contributed by atoms with Crippen LogP contribution in [0.25, 0.3) is 6.08 Å². The Hall–Kier alpha value is -3.46. The number of esters is 1. The molecule has 0 radical (unpaired) electrons. The first-order chi connectivity index (χ1) is 12.2. The van der Waals surface area contributed by atoms with Crippen LogP contribution in [0.3, 0.4) is 0 Å². The molecule has 0 saturated carbocycles. The molecule has 0 heterocycles. The molecular weight excluding hydrogens is 312 g/mol. The van der Waals surface area contributed by atoms with Gasteiger partial charge in [0.15, 0.2) is 5.78 Å². The fourth-order valence-corrected chi connectivity index (χ4v) is 2.26. The molecule has 0 spiro atoms. The molecule has 0 fully saturated rings. The zero-order valence-corrected chi connectivity index (χ0v) is 13.5. The molecule has 0 aliphatic carbocycles. The predicted molar refractivity (Wildman–Crippen MR) is 97.6 cm³/mol. The Morgan fingerprint density at radius 2 is 1.24 bits per heavy atom. The van der Waals surface area contributed by atoms with Crippen molar-refractivity contribution in [2.24, 2.45) is 0 Å². The minimum absolute atomic E-state index is 0.0554. The molecular formula is C22H16O3. The summed E-state index contributed by atoms with van der Waals surface area (Å²) in [6.45, 7) is 0. The Kier molecular flexibility index (Phi) is 5.17. The van der Waals surface area contributed by atoms with Gasteiger partial charge in [-0.3, -0.25) is 4.79 Å². The lowest BCUT2D eigenvalue weighted by Gasteiger charge is -2.04. The van der Waals surface area contributed by atoms with Crippen LogP contribution in [-0.2, 0) is 0 Å². The van der Waals surface area contributed by atoms with E-state index in [1.165, 1.54) is 6.08 Å². The first-order valence-corrected chi connectivity index (χ1v) is 7.87. The van der Waals surface area contributed by atoms with Crippen molar-refractivity contribution >= 4 is 17.8 Å². The zero-order chi connectivity index (χ0) is 17.5. The molecule has 3 aromatic rings. The molecule has 0 N–H and O–H groups in total. The van der Waals surface area contributed by atoms with Gasteiger partial charge in [0.25, 0.3) is 0 Å². The molecule has 0 atom stereocenters. The van der Waals surface area contributed by atoms with E-state index in [0.29, 0.717) is 16.9 Å². The van der Waals surface area contributed by atoms with E-state index >= 15 is 0 Å². The van der Waals surface area contributed by atoms with Crippen molar-refractivity contribution in [1.82, 2.24) is 0 Å². The third-order valence-corrected chi connectivity index (χ3v) is 3.59. The van der Waals surface area contributed by atoms with Crippen LogP contribution in [-0.4, -0.2) is 11.8 Å². The number of carbonyl (C=O) groups excluding carboxylic acids is 2. The molecule has 3 rings (SSSR count). The zero-order valence-electron chi connectivity index (χ0n) is 13.5. The molecule has 3 nitrogen and oxygen atoms in total. The van der Waals surface area contributed by atoms with Gasteiger partial charge < -0.3 is 4.74 Å². The summed E-state index contributed by atoms with van der Waals surface area (Å²) in [5.74, 6) is 0.00344. The molecule has 122 valence electrons. The number of benzene rings is 3. The molecule has 0 amide bonds. The van der Waals surface area contributed by atoms with Gasteiger partial charge in [-0.05, 0) is 35.9 Å². The van der Waals surface area contributed by atoms with Crippen molar-refractivity contribution in [1.29, 1.82) is 0 Å². The highest BCUT2D eigenvalue weighted by Gasteiger charge is 2.07. The van der Waals surface area contributed by atoms with Gasteiger partial charge >= 0.3 is 5.97 Å². The van der Waals surface area contributed by atoms with E-state index in [1.54, 1.807) is 66.7 Å². The van der Waals surface area contributed by atoms with Gasteiger partial charge in [-0.15, -0.1) is 0 Å². The highest BCUT2D eigenvalue weighted by Crippen LogP contribution is 2.15. The molecule has 0 unspecified atom stereocenters. The monoisotopic (exact) mass is 328 g/mol. The Morgan fingerprint density at radius 1 is 0.680 bits per heavy atom. The first kappa shape index (κ1) is 16.4. The van der Waals surface area contributed by atoms with Gasteiger partial charge in [-0.1, -0.05) is 66.7 Å². The van der Waals surface area contributed by atoms with E-state index < -0.39 is 5.97 Å². The lowest BCUT2D eigenvalue weighted by Crippen LogP contribution is -2.07. The maximum absolute atomic E-state index is 12.0. The van der Waals surface area contributed by atoms with Crippen LogP contribution in [0.4, 0.5) is 0 Å². The van der Waals surface area contributed by atoms with E-state index in [2.05, 4.69) is 0 Å². The van der Waals surface area contributed by atoms with Crippen molar-refractivity contribution in [3.63, 3.8) is 0 Å². The molecule has 3 aromatic carbocycles. The van der Waals surface area contributed by atoms with E-state index in [1.807, 2.05) is 24.3 Å². The van der Waals surface area contributed by atoms with E-state index in [0.717, 1.165) is 5.56 Å². The topological polar surface area (TPSA) is 43.4 Å². The smallest absolute Gasteiger partial charge is 0.343 e. The lowest BCUT2D eigenvalue weighted by molar-refractivity contribution is 0.0734. The third-order valence-electron chi connectivity index (χ3n) is 3.59. The van der Waals surface area contributed by atoms with Gasteiger partial charge in [-0.25, -0.2) is 4.79 Å². The van der Waals surface area contributed by atoms with Crippen LogP contribution < -0.4 is 4.74 Å². The van der Waals surface area contributed by atoms with E-state index in [4.69, 9.17) is 4.74 Å². The summed E-state index contributed by atoms with van der Waals surface area (Å²) in [4.78, 5) is 24.0. The molecule has 0 bridgehead atoms. The van der Waals surface area contributed by atoms with Crippen LogP contribution in [0, 0.1) is 0 Å². The molecule has 0 aliphatic heterocycles. The summed E-state index contributed by atoms with van der Waals surface area (Å²) < 4.78 is 5.32. The second kappa shape index (κ2) is 7.88. The number of carbonyl (C=O) groups is 2. The number of allylic oxidation sites excluding steroid dienone is 1. The number of rotatable bonds is 5. The number of hydrogen-bond acceptors (Lipinski definition) is 3. The number of hydrogen-bond donors (Lipinski definition) is 0. The summed E-state index contributed by atoms with van der Waals surface area (Å²) >= 11 is 0. The maximum Gasteiger partial charge on any atom is 0.343 e. The van der Waals surface area contributed by atoms with Gasteiger partial charge in [0, 0.05) is 5.56 Å². The van der Waals surface area contributed by atoms with Crippen LogP contribution in [0.5, 0.6) is 5.75 Å². The van der Waals surface area contributed by atoms with Crippen molar-refractivity contribution < 1.29 is 14.3 Å². The average molecular weight is 328 g/mol. The highest BCUT2D eigenvalue weighted by atomic mass is 16.5. The fraction of sp³-hybridized carbons (Fsp3) is 0. The Morgan fingerprint density at radius 3 is 1.84 bits per heavy atom. The van der Waals surface area contributed by atoms with Crippen molar-refractivity contribution in [3.8, 4) is 5.75 Å². The average Bonchev–Trinajstić information content (AvgIpc) is 2.68. The Bertz CT molecular complexity index is 880. The van der Waals surface area contributed by atoms with Gasteiger partial charge in [0.2, 0.25) is 0 Å². The summed E-state index contributed by atoms with van der Waals surface area (Å²) in [7, 11) is 0. The van der Waals surface area contributed by atoms with E-state index in [-0.39, 0.29) is 5.78 Å². The van der Waals surface area contributed by atoms with Gasteiger partial charge in [-0.2, -0.15) is 0 Å². The standard InChI is InChI=1S/C22H16O3/c23-21(18-7-3-1-4-8-18)16-13-17-11-14-20(15-12-17)25-22(24)19-9-5-2-6-10-19/h1-16H. The van der Waals surface area contributed by atoms with E-state index in [9.17, 15) is 9.59 Å².